The van der Waals surface area contributed by atoms with Crippen LogP contribution in [0.2, 0.25) is 0 Å². The molecule has 2 aliphatic heterocycles. The van der Waals surface area contributed by atoms with Gasteiger partial charge < -0.3 is 5.32 Å². The van der Waals surface area contributed by atoms with Gasteiger partial charge in [0.2, 0.25) is 0 Å². The number of nitrogens with zero attached hydrogens (tertiary/aromatic N) is 1. The van der Waals surface area contributed by atoms with E-state index in [1.54, 1.807) is 0 Å². The van der Waals surface area contributed by atoms with Crippen LogP contribution in [-0.4, -0.2) is 30.7 Å². The van der Waals surface area contributed by atoms with Gasteiger partial charge in [-0.25, -0.2) is 0 Å². The van der Waals surface area contributed by atoms with Crippen molar-refractivity contribution in [1.82, 2.24) is 10.2 Å². The third-order valence-electron chi connectivity index (χ3n) is 2.19. The van der Waals surface area contributed by atoms with Crippen LogP contribution in [0.15, 0.2) is 0 Å². The molecule has 2 rings (SSSR count). The average Bonchev–Trinajstić information content (AvgIpc) is 2.15. The molecule has 0 amide bonds. The van der Waals surface area contributed by atoms with Crippen LogP contribution in [0.5, 0.6) is 0 Å². The van der Waals surface area contributed by atoms with Crippen molar-refractivity contribution in [3.05, 3.63) is 0 Å². The van der Waals surface area contributed by atoms with Gasteiger partial charge in [-0.3, -0.25) is 4.90 Å². The highest BCUT2D eigenvalue weighted by Gasteiger charge is 2.27. The predicted molar refractivity (Wildman–Crippen MR) is 32.6 cm³/mol. The van der Waals surface area contributed by atoms with Crippen LogP contribution >= 0.6 is 0 Å². The second-order valence-corrected chi connectivity index (χ2v) is 2.72. The van der Waals surface area contributed by atoms with Crippen molar-refractivity contribution in [2.75, 3.05) is 19.8 Å². The third-order valence-corrected chi connectivity index (χ3v) is 2.19. The monoisotopic (exact) mass is 112 g/mol. The molecule has 0 unspecified atom stereocenters. The summed E-state index contributed by atoms with van der Waals surface area (Å²) < 4.78 is 0. The Morgan fingerprint density at radius 2 is 2.50 bits per heavy atom. The van der Waals surface area contributed by atoms with E-state index in [4.69, 9.17) is 0 Å². The fourth-order valence-electron chi connectivity index (χ4n) is 1.71. The van der Waals surface area contributed by atoms with Crippen molar-refractivity contribution in [3.8, 4) is 0 Å². The second-order valence-electron chi connectivity index (χ2n) is 2.72. The zero-order valence-corrected chi connectivity index (χ0v) is 5.06. The molecule has 0 aromatic rings. The summed E-state index contributed by atoms with van der Waals surface area (Å²) in [4.78, 5) is 2.53. The molecule has 2 fully saturated rings. The number of nitrogens with one attached hydrogen (secondary N) is 1. The summed E-state index contributed by atoms with van der Waals surface area (Å²) >= 11 is 0. The van der Waals surface area contributed by atoms with Gasteiger partial charge >= 0.3 is 0 Å². The Morgan fingerprint density at radius 1 is 1.50 bits per heavy atom. The molecule has 2 aliphatic rings. The first-order chi connectivity index (χ1) is 3.97. The predicted octanol–water partition coefficient (Wildman–Crippen LogP) is 0.0115. The third kappa shape index (κ3) is 0.565. The van der Waals surface area contributed by atoms with Gasteiger partial charge in [0.15, 0.2) is 0 Å². The summed E-state index contributed by atoms with van der Waals surface area (Å²) in [5, 5.41) is 3.35. The summed E-state index contributed by atoms with van der Waals surface area (Å²) in [6.45, 7) is 3.71. The minimum absolute atomic E-state index is 0.898. The molecule has 46 valence electrons. The van der Waals surface area contributed by atoms with Crippen LogP contribution in [-0.2, 0) is 0 Å². The maximum absolute atomic E-state index is 3.35. The van der Waals surface area contributed by atoms with E-state index in [2.05, 4.69) is 10.2 Å². The van der Waals surface area contributed by atoms with Crippen LogP contribution in [0.25, 0.3) is 0 Å². The quantitative estimate of drug-likeness (QED) is 0.475. The Labute approximate surface area is 49.9 Å². The largest absolute Gasteiger partial charge is 0.303 e. The summed E-state index contributed by atoms with van der Waals surface area (Å²) in [6.07, 6.45) is 2.85. The van der Waals surface area contributed by atoms with Crippen molar-refractivity contribution in [3.63, 3.8) is 0 Å². The molecule has 0 aromatic carbocycles. The fraction of sp³-hybridized carbons (Fsp3) is 1.00. The van der Waals surface area contributed by atoms with E-state index in [1.807, 2.05) is 0 Å². The molecule has 8 heavy (non-hydrogen) atoms. The molecule has 2 nitrogen and oxygen atoms in total. The number of rotatable bonds is 0. The minimum atomic E-state index is 0.898. The Bertz CT molecular complexity index is 72.5. The molecule has 0 aliphatic carbocycles. The van der Waals surface area contributed by atoms with Crippen molar-refractivity contribution >= 4 is 0 Å². The van der Waals surface area contributed by atoms with E-state index in [-0.39, 0.29) is 0 Å². The van der Waals surface area contributed by atoms with Gasteiger partial charge in [0.25, 0.3) is 0 Å². The molecule has 0 radical (unpaired) electrons. The van der Waals surface area contributed by atoms with E-state index >= 15 is 0 Å². The van der Waals surface area contributed by atoms with E-state index in [9.17, 15) is 0 Å². The van der Waals surface area contributed by atoms with Crippen molar-refractivity contribution in [2.24, 2.45) is 0 Å². The number of hydrogen-bond donors (Lipinski definition) is 1. The normalized spacial score (nSPS) is 38.2. The summed E-state index contributed by atoms with van der Waals surface area (Å²) in [6, 6.07) is 0.898. The molecule has 0 bridgehead atoms. The first kappa shape index (κ1) is 4.77. The van der Waals surface area contributed by atoms with Crippen molar-refractivity contribution in [1.29, 1.82) is 0 Å². The maximum atomic E-state index is 3.35. The van der Waals surface area contributed by atoms with Gasteiger partial charge in [-0.15, -0.1) is 0 Å². The van der Waals surface area contributed by atoms with E-state index in [1.165, 1.54) is 25.9 Å². The van der Waals surface area contributed by atoms with Gasteiger partial charge in [0, 0.05) is 19.3 Å². The van der Waals surface area contributed by atoms with Gasteiger partial charge in [-0.05, 0) is 19.4 Å². The molecule has 2 heterocycles. The van der Waals surface area contributed by atoms with E-state index in [0.29, 0.717) is 0 Å². The van der Waals surface area contributed by atoms with Gasteiger partial charge in [-0.2, -0.15) is 0 Å². The Balaban J connectivity index is 2.04. The van der Waals surface area contributed by atoms with Crippen LogP contribution in [0.1, 0.15) is 12.8 Å². The smallest absolute Gasteiger partial charge is 0.0484 e. The Kier molecular flexibility index (Phi) is 1.02. The van der Waals surface area contributed by atoms with Gasteiger partial charge in [-0.1, -0.05) is 0 Å². The summed E-state index contributed by atoms with van der Waals surface area (Å²) in [5.74, 6) is 0. The highest BCUT2D eigenvalue weighted by atomic mass is 15.3. The van der Waals surface area contributed by atoms with Gasteiger partial charge in [0.05, 0.1) is 0 Å². The summed E-state index contributed by atoms with van der Waals surface area (Å²) in [5.41, 5.74) is 0. The zero-order chi connectivity index (χ0) is 5.40. The Morgan fingerprint density at radius 3 is 3.38 bits per heavy atom. The highest BCUT2D eigenvalue weighted by molar-refractivity contribution is 4.84. The standard InChI is InChI=1S/C6H12N2/c1-2-6-4-7-5-8(6)3-1/h6-7H,1-5H2/t6-/m0/s1. The molecule has 0 spiro atoms. The molecule has 1 N–H and O–H groups in total. The van der Waals surface area contributed by atoms with Crippen molar-refractivity contribution < 1.29 is 0 Å². The van der Waals surface area contributed by atoms with Crippen LogP contribution in [0.3, 0.4) is 0 Å². The van der Waals surface area contributed by atoms with Crippen LogP contribution < -0.4 is 5.32 Å². The lowest BCUT2D eigenvalue weighted by Crippen LogP contribution is -2.23. The van der Waals surface area contributed by atoms with Gasteiger partial charge in [0.1, 0.15) is 0 Å². The lowest BCUT2D eigenvalue weighted by atomic mass is 10.2. The first-order valence-corrected chi connectivity index (χ1v) is 3.41. The highest BCUT2D eigenvalue weighted by Crippen LogP contribution is 2.18. The average molecular weight is 112 g/mol. The van der Waals surface area contributed by atoms with E-state index < -0.39 is 0 Å². The minimum Gasteiger partial charge on any atom is -0.303 e. The molecule has 0 saturated carbocycles. The Hall–Kier alpha value is -0.0800. The lowest BCUT2D eigenvalue weighted by molar-refractivity contribution is 0.327. The SMILES string of the molecule is C1C[C@H]2CNCN2C1. The lowest BCUT2D eigenvalue weighted by Gasteiger charge is -2.10. The fourth-order valence-corrected chi connectivity index (χ4v) is 1.71. The molecule has 0 aromatic heterocycles. The first-order valence-electron chi connectivity index (χ1n) is 3.41. The van der Waals surface area contributed by atoms with E-state index in [0.717, 1.165) is 12.7 Å². The second kappa shape index (κ2) is 1.71. The molecular formula is C6H12N2. The molecular weight excluding hydrogens is 100 g/mol. The number of hydrogen-bond acceptors (Lipinski definition) is 2. The molecule has 1 atom stereocenters. The van der Waals surface area contributed by atoms with Crippen LogP contribution in [0, 0.1) is 0 Å². The number of fused-ring (bicyclic) bond motifs is 1. The topological polar surface area (TPSA) is 15.3 Å². The van der Waals surface area contributed by atoms with Crippen molar-refractivity contribution in [2.45, 2.75) is 18.9 Å². The molecule has 2 heteroatoms. The maximum Gasteiger partial charge on any atom is 0.0484 e. The zero-order valence-electron chi connectivity index (χ0n) is 5.06. The summed E-state index contributed by atoms with van der Waals surface area (Å²) in [7, 11) is 0. The molecule has 2 saturated heterocycles. The van der Waals surface area contributed by atoms with Crippen LogP contribution in [0.4, 0.5) is 0 Å².